The summed E-state index contributed by atoms with van der Waals surface area (Å²) in [5, 5.41) is 0. The van der Waals surface area contributed by atoms with Crippen molar-refractivity contribution in [1.82, 2.24) is 19.9 Å². The molecule has 0 aromatic carbocycles. The molecule has 2 unspecified atom stereocenters. The quantitative estimate of drug-likeness (QED) is 0.582. The summed E-state index contributed by atoms with van der Waals surface area (Å²) in [4.78, 5) is 26.5. The average molecular weight is 444 g/mol. The number of fused-ring (bicyclic) bond motifs is 1. The Morgan fingerprint density at radius 3 is 2.94 bits per heavy atom. The van der Waals surface area contributed by atoms with Gasteiger partial charge in [0.05, 0.1) is 37.1 Å². The fourth-order valence-electron chi connectivity index (χ4n) is 3.13. The van der Waals surface area contributed by atoms with Crippen molar-refractivity contribution in [2.75, 3.05) is 47.1 Å². The van der Waals surface area contributed by atoms with Crippen molar-refractivity contribution in [3.8, 4) is 5.88 Å². The van der Waals surface area contributed by atoms with Crippen LogP contribution in [-0.4, -0.2) is 85.2 Å². The zero-order valence-electron chi connectivity index (χ0n) is 18.6. The molecule has 2 atom stereocenters. The van der Waals surface area contributed by atoms with Crippen LogP contribution in [0.2, 0.25) is 0 Å². The number of aromatic nitrogens is 3. The SMILES string of the molecule is COCC=C(C=CC(C)OC)c1cc2nccnc2c(OCC2CN(C(N)=O)CCO2)n1. The number of urea groups is 1. The summed E-state index contributed by atoms with van der Waals surface area (Å²) in [5.74, 6) is 0.335. The Labute approximate surface area is 187 Å². The van der Waals surface area contributed by atoms with Crippen molar-refractivity contribution < 1.29 is 23.7 Å². The summed E-state index contributed by atoms with van der Waals surface area (Å²) >= 11 is 0. The highest BCUT2D eigenvalue weighted by atomic mass is 16.5. The smallest absolute Gasteiger partial charge is 0.314 e. The first-order valence-electron chi connectivity index (χ1n) is 10.3. The van der Waals surface area contributed by atoms with Gasteiger partial charge in [0, 0.05) is 33.2 Å². The number of hydrogen-bond acceptors (Lipinski definition) is 8. The molecule has 172 valence electrons. The van der Waals surface area contributed by atoms with Crippen molar-refractivity contribution in [1.29, 1.82) is 0 Å². The first-order chi connectivity index (χ1) is 15.5. The molecule has 32 heavy (non-hydrogen) atoms. The van der Waals surface area contributed by atoms with Gasteiger partial charge in [0.1, 0.15) is 12.7 Å². The van der Waals surface area contributed by atoms with Crippen LogP contribution < -0.4 is 10.5 Å². The number of carbonyl (C=O) groups is 1. The van der Waals surface area contributed by atoms with Crippen LogP contribution in [0.15, 0.2) is 36.7 Å². The molecule has 0 radical (unpaired) electrons. The van der Waals surface area contributed by atoms with E-state index in [1.807, 2.05) is 31.2 Å². The molecule has 2 amide bonds. The number of methoxy groups -OCH3 is 2. The molecule has 10 heteroatoms. The van der Waals surface area contributed by atoms with Crippen LogP contribution in [0.4, 0.5) is 4.79 Å². The van der Waals surface area contributed by atoms with Gasteiger partial charge in [-0.15, -0.1) is 0 Å². The van der Waals surface area contributed by atoms with Crippen molar-refractivity contribution in [3.63, 3.8) is 0 Å². The molecule has 3 rings (SSSR count). The number of nitrogens with two attached hydrogens (primary N) is 1. The maximum absolute atomic E-state index is 11.5. The number of allylic oxidation sites excluding steroid dienone is 2. The third-order valence-corrected chi connectivity index (χ3v) is 4.97. The van der Waals surface area contributed by atoms with Gasteiger partial charge < -0.3 is 29.6 Å². The molecule has 1 saturated heterocycles. The Morgan fingerprint density at radius 1 is 1.38 bits per heavy atom. The van der Waals surface area contributed by atoms with Crippen molar-refractivity contribution in [3.05, 3.63) is 42.4 Å². The van der Waals surface area contributed by atoms with Crippen LogP contribution in [0.1, 0.15) is 12.6 Å². The minimum atomic E-state index is -0.472. The van der Waals surface area contributed by atoms with Gasteiger partial charge in [0.25, 0.3) is 0 Å². The fraction of sp³-hybridized carbons (Fsp3) is 0.455. The zero-order valence-corrected chi connectivity index (χ0v) is 18.6. The van der Waals surface area contributed by atoms with Gasteiger partial charge in [-0.2, -0.15) is 0 Å². The number of carbonyl (C=O) groups excluding carboxylic acids is 1. The van der Waals surface area contributed by atoms with Crippen molar-refractivity contribution in [2.45, 2.75) is 19.1 Å². The summed E-state index contributed by atoms with van der Waals surface area (Å²) in [6.07, 6.45) is 8.60. The predicted octanol–water partition coefficient (Wildman–Crippen LogP) is 1.80. The molecular weight excluding hydrogens is 414 g/mol. The Morgan fingerprint density at radius 2 is 2.19 bits per heavy atom. The predicted molar refractivity (Wildman–Crippen MR) is 119 cm³/mol. The molecule has 1 fully saturated rings. The van der Waals surface area contributed by atoms with Crippen molar-refractivity contribution in [2.24, 2.45) is 5.73 Å². The lowest BCUT2D eigenvalue weighted by atomic mass is 10.1. The van der Waals surface area contributed by atoms with Crippen LogP contribution in [0.5, 0.6) is 5.88 Å². The van der Waals surface area contributed by atoms with E-state index in [4.69, 9.17) is 29.7 Å². The van der Waals surface area contributed by atoms with Crippen LogP contribution in [-0.2, 0) is 14.2 Å². The third-order valence-electron chi connectivity index (χ3n) is 4.97. The van der Waals surface area contributed by atoms with E-state index in [-0.39, 0.29) is 18.8 Å². The van der Waals surface area contributed by atoms with Crippen LogP contribution in [0.3, 0.4) is 0 Å². The van der Waals surface area contributed by atoms with Gasteiger partial charge in [0.2, 0.25) is 5.88 Å². The highest BCUT2D eigenvalue weighted by molar-refractivity contribution is 5.84. The molecule has 0 saturated carbocycles. The van der Waals surface area contributed by atoms with Crippen LogP contribution >= 0.6 is 0 Å². The minimum Gasteiger partial charge on any atom is -0.473 e. The van der Waals surface area contributed by atoms with E-state index in [2.05, 4.69) is 9.97 Å². The number of primary amides is 1. The first kappa shape index (κ1) is 23.6. The molecule has 0 spiro atoms. The van der Waals surface area contributed by atoms with Gasteiger partial charge in [-0.3, -0.25) is 4.98 Å². The molecular formula is C22H29N5O5. The number of morpholine rings is 1. The Hall–Kier alpha value is -3.08. The molecule has 2 aromatic rings. The van der Waals surface area contributed by atoms with E-state index in [1.165, 1.54) is 4.90 Å². The minimum absolute atomic E-state index is 0.0615. The van der Waals surface area contributed by atoms with Gasteiger partial charge in [0.15, 0.2) is 5.52 Å². The molecule has 1 aliphatic heterocycles. The van der Waals surface area contributed by atoms with Gasteiger partial charge in [-0.1, -0.05) is 12.2 Å². The molecule has 1 aliphatic rings. The zero-order chi connectivity index (χ0) is 22.9. The van der Waals surface area contributed by atoms with Crippen molar-refractivity contribution >= 4 is 22.6 Å². The molecule has 0 bridgehead atoms. The summed E-state index contributed by atoms with van der Waals surface area (Å²) in [6, 6.07) is 1.38. The molecule has 2 aromatic heterocycles. The van der Waals surface area contributed by atoms with Crippen LogP contribution in [0.25, 0.3) is 16.6 Å². The van der Waals surface area contributed by atoms with E-state index in [1.54, 1.807) is 26.6 Å². The van der Waals surface area contributed by atoms with E-state index in [0.29, 0.717) is 48.9 Å². The lowest BCUT2D eigenvalue weighted by Crippen LogP contribution is -2.49. The number of rotatable bonds is 9. The number of ether oxygens (including phenoxy) is 4. The lowest BCUT2D eigenvalue weighted by Gasteiger charge is -2.31. The number of hydrogen-bond donors (Lipinski definition) is 1. The summed E-state index contributed by atoms with van der Waals surface area (Å²) in [6.45, 7) is 3.77. The molecule has 3 heterocycles. The van der Waals surface area contributed by atoms with E-state index >= 15 is 0 Å². The number of amides is 2. The number of pyridine rings is 1. The summed E-state index contributed by atoms with van der Waals surface area (Å²) < 4.78 is 22.2. The maximum atomic E-state index is 11.5. The standard InChI is InChI=1S/C22H29N5O5/c1-15(30-3)4-5-16(6-10-29-2)18-12-19-20(25-8-7-24-19)21(26-18)32-14-17-13-27(22(23)28)9-11-31-17/h4-8,12,15,17H,9-11,13-14H2,1-3H3,(H2,23,28). The second-order valence-corrected chi connectivity index (χ2v) is 7.24. The highest BCUT2D eigenvalue weighted by Crippen LogP contribution is 2.26. The molecule has 0 aliphatic carbocycles. The number of nitrogens with zero attached hydrogens (tertiary/aromatic N) is 4. The Balaban J connectivity index is 1.88. The van der Waals surface area contributed by atoms with Gasteiger partial charge in [-0.25, -0.2) is 14.8 Å². The first-order valence-corrected chi connectivity index (χ1v) is 10.3. The third kappa shape index (κ3) is 6.22. The summed E-state index contributed by atoms with van der Waals surface area (Å²) in [5.41, 5.74) is 8.07. The van der Waals surface area contributed by atoms with E-state index in [9.17, 15) is 4.79 Å². The lowest BCUT2D eigenvalue weighted by molar-refractivity contribution is -0.0346. The summed E-state index contributed by atoms with van der Waals surface area (Å²) in [7, 11) is 3.28. The Bertz CT molecular complexity index is 980. The monoisotopic (exact) mass is 443 g/mol. The van der Waals surface area contributed by atoms with Gasteiger partial charge in [-0.05, 0) is 24.6 Å². The second-order valence-electron chi connectivity index (χ2n) is 7.24. The molecule has 10 nitrogen and oxygen atoms in total. The fourth-order valence-corrected chi connectivity index (χ4v) is 3.13. The topological polar surface area (TPSA) is 122 Å². The maximum Gasteiger partial charge on any atom is 0.314 e. The van der Waals surface area contributed by atoms with Gasteiger partial charge >= 0.3 is 6.03 Å². The second kappa shape index (κ2) is 11.5. The normalized spacial score (nSPS) is 18.3. The Kier molecular flexibility index (Phi) is 8.48. The van der Waals surface area contributed by atoms with Crippen LogP contribution in [0, 0.1) is 0 Å². The highest BCUT2D eigenvalue weighted by Gasteiger charge is 2.24. The van der Waals surface area contributed by atoms with E-state index < -0.39 is 6.03 Å². The average Bonchev–Trinajstić information content (AvgIpc) is 2.82. The largest absolute Gasteiger partial charge is 0.473 e. The molecule has 2 N–H and O–H groups in total. The van der Waals surface area contributed by atoms with E-state index in [0.717, 1.165) is 5.57 Å².